The lowest BCUT2D eigenvalue weighted by Gasteiger charge is -2.35. The molecule has 5 nitrogen and oxygen atoms in total. The Morgan fingerprint density at radius 1 is 0.793 bits per heavy atom. The average molecular weight is 386 g/mol. The molecule has 2 aromatic carbocycles. The van der Waals surface area contributed by atoms with E-state index in [1.807, 2.05) is 30.3 Å². The molecule has 2 heterocycles. The molecule has 3 aromatic rings. The molecule has 1 fully saturated rings. The molecule has 29 heavy (non-hydrogen) atoms. The zero-order valence-electron chi connectivity index (χ0n) is 16.6. The van der Waals surface area contributed by atoms with Crippen molar-refractivity contribution < 1.29 is 4.74 Å². The number of fused-ring (bicyclic) bond motifs is 1. The molecule has 2 aliphatic rings. The molecule has 5 rings (SSSR count). The van der Waals surface area contributed by atoms with E-state index in [2.05, 4.69) is 40.1 Å². The third kappa shape index (κ3) is 4.10. The van der Waals surface area contributed by atoms with E-state index in [9.17, 15) is 0 Å². The summed E-state index contributed by atoms with van der Waals surface area (Å²) < 4.78 is 6.16. The van der Waals surface area contributed by atoms with Crippen molar-refractivity contribution in [3.05, 3.63) is 77.5 Å². The van der Waals surface area contributed by atoms with Gasteiger partial charge in [0.15, 0.2) is 0 Å². The van der Waals surface area contributed by atoms with Gasteiger partial charge in [0.2, 0.25) is 11.8 Å². The van der Waals surface area contributed by atoms with E-state index in [-0.39, 0.29) is 0 Å². The van der Waals surface area contributed by atoms with Gasteiger partial charge in [0.25, 0.3) is 0 Å². The van der Waals surface area contributed by atoms with Gasteiger partial charge in [-0.15, -0.1) is 0 Å². The van der Waals surface area contributed by atoms with Gasteiger partial charge in [-0.25, -0.2) is 4.98 Å². The van der Waals surface area contributed by atoms with Gasteiger partial charge in [0.05, 0.1) is 5.69 Å². The summed E-state index contributed by atoms with van der Waals surface area (Å²) in [5.74, 6) is 2.38. The number of hydrogen-bond acceptors (Lipinski definition) is 5. The van der Waals surface area contributed by atoms with Gasteiger partial charge in [0.1, 0.15) is 5.75 Å². The Morgan fingerprint density at radius 3 is 2.28 bits per heavy atom. The summed E-state index contributed by atoms with van der Waals surface area (Å²) in [6, 6.07) is 20.6. The standard InChI is InChI=1S/C24H26N4O/c1-3-8-19(9-4-1)18-27-14-16-28(17-15-27)24-25-22-13-7-12-21(22)23(26-24)29-20-10-5-2-6-11-20/h1-6,8-11H,7,12-18H2. The maximum atomic E-state index is 6.16. The number of benzene rings is 2. The molecule has 148 valence electrons. The minimum Gasteiger partial charge on any atom is -0.439 e. The van der Waals surface area contributed by atoms with Crippen molar-refractivity contribution in [1.29, 1.82) is 0 Å². The Hall–Kier alpha value is -2.92. The first-order chi connectivity index (χ1) is 14.3. The van der Waals surface area contributed by atoms with Crippen molar-refractivity contribution in [2.24, 2.45) is 0 Å². The van der Waals surface area contributed by atoms with Crippen LogP contribution >= 0.6 is 0 Å². The first kappa shape index (κ1) is 18.1. The number of para-hydroxylation sites is 1. The number of piperazine rings is 1. The lowest BCUT2D eigenvalue weighted by Crippen LogP contribution is -2.46. The number of hydrogen-bond donors (Lipinski definition) is 0. The van der Waals surface area contributed by atoms with Gasteiger partial charge < -0.3 is 9.64 Å². The van der Waals surface area contributed by atoms with Crippen LogP contribution in [-0.2, 0) is 19.4 Å². The van der Waals surface area contributed by atoms with Crippen LogP contribution in [0.3, 0.4) is 0 Å². The van der Waals surface area contributed by atoms with Gasteiger partial charge in [0, 0.05) is 38.3 Å². The van der Waals surface area contributed by atoms with E-state index in [0.29, 0.717) is 0 Å². The Balaban J connectivity index is 1.31. The smallest absolute Gasteiger partial charge is 0.228 e. The van der Waals surface area contributed by atoms with Crippen molar-refractivity contribution in [2.75, 3.05) is 31.1 Å². The molecule has 0 saturated carbocycles. The van der Waals surface area contributed by atoms with Crippen molar-refractivity contribution >= 4 is 5.95 Å². The summed E-state index contributed by atoms with van der Waals surface area (Å²) in [4.78, 5) is 14.6. The SMILES string of the molecule is c1ccc(CN2CCN(c3nc4c(c(Oc5ccccc5)n3)CCC4)CC2)cc1. The normalized spacial score (nSPS) is 16.6. The molecule has 1 aliphatic carbocycles. The second-order valence-electron chi connectivity index (χ2n) is 7.77. The summed E-state index contributed by atoms with van der Waals surface area (Å²) in [5, 5.41) is 0. The molecule has 0 amide bonds. The van der Waals surface area contributed by atoms with Crippen LogP contribution in [0.2, 0.25) is 0 Å². The number of aromatic nitrogens is 2. The number of aryl methyl sites for hydroxylation is 1. The zero-order valence-corrected chi connectivity index (χ0v) is 16.6. The fraction of sp³-hybridized carbons (Fsp3) is 0.333. The van der Waals surface area contributed by atoms with Crippen LogP contribution < -0.4 is 9.64 Å². The Kier molecular flexibility index (Phi) is 5.13. The Morgan fingerprint density at radius 2 is 1.52 bits per heavy atom. The minimum atomic E-state index is 0.736. The summed E-state index contributed by atoms with van der Waals surface area (Å²) in [6.45, 7) is 4.92. The van der Waals surface area contributed by atoms with E-state index in [1.165, 1.54) is 11.1 Å². The molecular weight excluding hydrogens is 360 g/mol. The second kappa shape index (κ2) is 8.21. The fourth-order valence-corrected chi connectivity index (χ4v) is 4.16. The van der Waals surface area contributed by atoms with E-state index in [1.54, 1.807) is 0 Å². The van der Waals surface area contributed by atoms with Gasteiger partial charge >= 0.3 is 0 Å². The monoisotopic (exact) mass is 386 g/mol. The van der Waals surface area contributed by atoms with Crippen LogP contribution in [0.15, 0.2) is 60.7 Å². The van der Waals surface area contributed by atoms with E-state index in [0.717, 1.165) is 75.3 Å². The first-order valence-electron chi connectivity index (χ1n) is 10.5. The zero-order chi connectivity index (χ0) is 19.5. The van der Waals surface area contributed by atoms with Crippen LogP contribution in [0.4, 0.5) is 5.95 Å². The third-order valence-electron chi connectivity index (χ3n) is 5.75. The quantitative estimate of drug-likeness (QED) is 0.661. The molecule has 1 aliphatic heterocycles. The number of rotatable bonds is 5. The predicted molar refractivity (Wildman–Crippen MR) is 115 cm³/mol. The molecular formula is C24H26N4O. The highest BCUT2D eigenvalue weighted by Gasteiger charge is 2.25. The highest BCUT2D eigenvalue weighted by atomic mass is 16.5. The van der Waals surface area contributed by atoms with Crippen LogP contribution in [0.25, 0.3) is 0 Å². The summed E-state index contributed by atoms with van der Waals surface area (Å²) in [7, 11) is 0. The van der Waals surface area contributed by atoms with Crippen LogP contribution in [0, 0.1) is 0 Å². The molecule has 0 bridgehead atoms. The topological polar surface area (TPSA) is 41.5 Å². The predicted octanol–water partition coefficient (Wildman–Crippen LogP) is 4.08. The van der Waals surface area contributed by atoms with E-state index in [4.69, 9.17) is 14.7 Å². The Labute approximate surface area is 172 Å². The largest absolute Gasteiger partial charge is 0.439 e. The van der Waals surface area contributed by atoms with Gasteiger partial charge in [-0.2, -0.15) is 4.98 Å². The molecule has 0 atom stereocenters. The molecule has 5 heteroatoms. The molecule has 0 radical (unpaired) electrons. The lowest BCUT2D eigenvalue weighted by molar-refractivity contribution is 0.248. The fourth-order valence-electron chi connectivity index (χ4n) is 4.16. The van der Waals surface area contributed by atoms with Crippen LogP contribution in [0.1, 0.15) is 23.2 Å². The van der Waals surface area contributed by atoms with Crippen molar-refractivity contribution in [3.8, 4) is 11.6 Å². The molecule has 0 spiro atoms. The average Bonchev–Trinajstić information content (AvgIpc) is 3.25. The number of nitrogens with zero attached hydrogens (tertiary/aromatic N) is 4. The van der Waals surface area contributed by atoms with Crippen LogP contribution in [0.5, 0.6) is 11.6 Å². The van der Waals surface area contributed by atoms with Crippen molar-refractivity contribution in [3.63, 3.8) is 0 Å². The van der Waals surface area contributed by atoms with Gasteiger partial charge in [-0.05, 0) is 37.0 Å². The second-order valence-corrected chi connectivity index (χ2v) is 7.77. The van der Waals surface area contributed by atoms with Crippen LogP contribution in [-0.4, -0.2) is 41.0 Å². The highest BCUT2D eigenvalue weighted by molar-refractivity contribution is 5.44. The summed E-state index contributed by atoms with van der Waals surface area (Å²) >= 11 is 0. The third-order valence-corrected chi connectivity index (χ3v) is 5.75. The lowest BCUT2D eigenvalue weighted by atomic mass is 10.2. The van der Waals surface area contributed by atoms with E-state index >= 15 is 0 Å². The summed E-state index contributed by atoms with van der Waals surface area (Å²) in [5.41, 5.74) is 3.71. The molecule has 1 saturated heterocycles. The van der Waals surface area contributed by atoms with Gasteiger partial charge in [-0.3, -0.25) is 4.90 Å². The van der Waals surface area contributed by atoms with Crippen molar-refractivity contribution in [2.45, 2.75) is 25.8 Å². The number of anilines is 1. The molecule has 0 N–H and O–H groups in total. The summed E-state index contributed by atoms with van der Waals surface area (Å²) in [6.07, 6.45) is 3.15. The maximum Gasteiger partial charge on any atom is 0.228 e. The first-order valence-corrected chi connectivity index (χ1v) is 10.5. The van der Waals surface area contributed by atoms with E-state index < -0.39 is 0 Å². The Bertz CT molecular complexity index is 953. The maximum absolute atomic E-state index is 6.16. The minimum absolute atomic E-state index is 0.736. The van der Waals surface area contributed by atoms with Gasteiger partial charge in [-0.1, -0.05) is 48.5 Å². The highest BCUT2D eigenvalue weighted by Crippen LogP contribution is 2.33. The molecule has 1 aromatic heterocycles. The number of ether oxygens (including phenoxy) is 1. The molecule has 0 unspecified atom stereocenters. The van der Waals surface area contributed by atoms with Crippen molar-refractivity contribution in [1.82, 2.24) is 14.9 Å².